The van der Waals surface area contributed by atoms with Crippen LogP contribution in [0.1, 0.15) is 34.6 Å². The van der Waals surface area contributed by atoms with Crippen molar-refractivity contribution in [2.45, 2.75) is 34.6 Å². The smallest absolute Gasteiger partial charge is 0 e. The maximum Gasteiger partial charge on any atom is 0 e. The number of rotatable bonds is 3. The molecule has 0 N–H and O–H groups in total. The third kappa shape index (κ3) is 11.6. The second kappa shape index (κ2) is 19.1. The Kier molecular flexibility index (Phi) is 21.0. The van der Waals surface area contributed by atoms with Crippen LogP contribution in [0.15, 0.2) is 29.4 Å². The van der Waals surface area contributed by atoms with Crippen molar-refractivity contribution in [1.29, 1.82) is 0 Å². The van der Waals surface area contributed by atoms with Gasteiger partial charge in [-0.05, 0) is 53.9 Å². The third-order valence-electron chi connectivity index (χ3n) is 5.02. The monoisotopic (exact) mass is 531 g/mol. The van der Waals surface area contributed by atoms with Crippen molar-refractivity contribution in [1.82, 2.24) is 9.80 Å². The molecule has 6 nitrogen and oxygen atoms in total. The molecular weight excluding hydrogens is 499 g/mol. The Morgan fingerprint density at radius 2 is 1.09 bits per heavy atom. The van der Waals surface area contributed by atoms with E-state index in [1.54, 1.807) is 10.9 Å². The predicted molar refractivity (Wildman–Crippen MR) is 136 cm³/mol. The number of guanidine groups is 1. The van der Waals surface area contributed by atoms with Gasteiger partial charge in [-0.25, -0.2) is 5.01 Å². The van der Waals surface area contributed by atoms with Gasteiger partial charge in [0.15, 0.2) is 0 Å². The number of nitrogens with zero attached hydrogens (tertiary/aromatic N) is 4. The molecule has 2 rings (SSSR count). The van der Waals surface area contributed by atoms with Crippen LogP contribution in [0.4, 0.5) is 5.69 Å². The van der Waals surface area contributed by atoms with E-state index < -0.39 is 0 Å². The first-order valence-corrected chi connectivity index (χ1v) is 10.6. The molecule has 0 aromatic heterocycles. The normalized spacial score (nSPS) is 14.0. The molecule has 1 aliphatic carbocycles. The molecule has 5 radical (unpaired) electrons. The Hall–Kier alpha value is -1.25. The fourth-order valence-corrected chi connectivity index (χ4v) is 3.17. The summed E-state index contributed by atoms with van der Waals surface area (Å²) >= 11 is 5.87. The van der Waals surface area contributed by atoms with Gasteiger partial charge in [0.1, 0.15) is 0 Å². The van der Waals surface area contributed by atoms with E-state index in [4.69, 9.17) is 20.9 Å². The minimum Gasteiger partial charge on any atom is 0 e. The molecule has 33 heavy (non-hydrogen) atoms. The van der Waals surface area contributed by atoms with E-state index in [-0.39, 0.29) is 17.1 Å². The molecule has 0 saturated heterocycles. The third-order valence-corrected chi connectivity index (χ3v) is 5.52. The van der Waals surface area contributed by atoms with Crippen LogP contribution in [0.3, 0.4) is 0 Å². The molecule has 181 valence electrons. The molecule has 1 aliphatic rings. The van der Waals surface area contributed by atoms with E-state index in [1.807, 2.05) is 62.3 Å². The average molecular weight is 532 g/mol. The fourth-order valence-electron chi connectivity index (χ4n) is 2.84. The first-order chi connectivity index (χ1) is 15.0. The summed E-state index contributed by atoms with van der Waals surface area (Å²) in [6.45, 7) is 20.0. The molecular formula is C24H33ClFeN4O2P. The Bertz CT molecular complexity index is 680. The first kappa shape index (κ1) is 36.3. The molecule has 0 bridgehead atoms. The summed E-state index contributed by atoms with van der Waals surface area (Å²) in [7, 11) is 11.2. The largest absolute Gasteiger partial charge is 0 e. The predicted octanol–water partition coefficient (Wildman–Crippen LogP) is 5.34. The topological polar surface area (TPSA) is 61.9 Å². The van der Waals surface area contributed by atoms with E-state index >= 15 is 0 Å². The van der Waals surface area contributed by atoms with Gasteiger partial charge in [-0.2, -0.15) is 0 Å². The molecule has 0 atom stereocenters. The SMILES string of the molecule is CN(C)C(=NN(C=P)c1ccc(Cl)cc1)N(C)C.C[C]1[C](C)[C](C)[C](C)[C]1C.[C-]#[O+].[C-]#[O+].[Fe]. The van der Waals surface area contributed by atoms with Crippen LogP contribution in [-0.4, -0.2) is 49.9 Å². The standard InChI is InChI=1S/C12H18ClN4P.C10H15.2CO.Fe/c1-15(2)12(16(3)4)14-17(9-18)11-7-5-10(13)6-8-11;1-6-7(2)9(4)10(5)8(6)3;2*1-2;/h5-9,18H,1-4H3;1-5H3;;;. The zero-order valence-electron chi connectivity index (χ0n) is 20.7. The second-order valence-electron chi connectivity index (χ2n) is 7.26. The maximum atomic E-state index is 7.50. The van der Waals surface area contributed by atoms with Crippen LogP contribution in [-0.2, 0) is 26.4 Å². The number of halogens is 1. The van der Waals surface area contributed by atoms with Crippen molar-refractivity contribution in [3.05, 3.63) is 72.2 Å². The molecule has 1 fully saturated rings. The molecule has 0 heterocycles. The van der Waals surface area contributed by atoms with Crippen molar-refractivity contribution in [3.63, 3.8) is 0 Å². The van der Waals surface area contributed by atoms with Crippen molar-refractivity contribution in [3.8, 4) is 0 Å². The Morgan fingerprint density at radius 3 is 1.33 bits per heavy atom. The number of hydrazone groups is 1. The van der Waals surface area contributed by atoms with Gasteiger partial charge in [0.05, 0.1) is 5.69 Å². The Labute approximate surface area is 218 Å². The molecule has 1 saturated carbocycles. The van der Waals surface area contributed by atoms with Crippen LogP contribution >= 0.6 is 20.5 Å². The number of anilines is 1. The van der Waals surface area contributed by atoms with Gasteiger partial charge in [-0.15, -0.1) is 14.0 Å². The molecule has 1 aromatic carbocycles. The van der Waals surface area contributed by atoms with Gasteiger partial charge in [0.25, 0.3) is 0 Å². The van der Waals surface area contributed by atoms with E-state index in [2.05, 4.69) is 61.9 Å². The number of hydrogen-bond donors (Lipinski definition) is 0. The zero-order chi connectivity index (χ0) is 25.6. The minimum atomic E-state index is 0. The summed E-state index contributed by atoms with van der Waals surface area (Å²) in [6, 6.07) is 7.48. The van der Waals surface area contributed by atoms with Gasteiger partial charge in [0.2, 0.25) is 5.96 Å². The van der Waals surface area contributed by atoms with E-state index in [0.29, 0.717) is 5.02 Å². The zero-order valence-corrected chi connectivity index (χ0v) is 23.6. The Morgan fingerprint density at radius 1 is 0.788 bits per heavy atom. The molecule has 0 unspecified atom stereocenters. The first-order valence-electron chi connectivity index (χ1n) is 9.60. The quantitative estimate of drug-likeness (QED) is 0.101. The number of hydrogen-bond acceptors (Lipinski definition) is 1. The van der Waals surface area contributed by atoms with Crippen LogP contribution in [0.25, 0.3) is 0 Å². The van der Waals surface area contributed by atoms with Crippen LogP contribution in [0.2, 0.25) is 5.02 Å². The summed E-state index contributed by atoms with van der Waals surface area (Å²) in [4.78, 5) is 3.89. The Balaban J connectivity index is -0.000000510. The molecule has 0 aliphatic heterocycles. The fraction of sp³-hybridized carbons (Fsp3) is 0.375. The van der Waals surface area contributed by atoms with E-state index in [9.17, 15) is 0 Å². The van der Waals surface area contributed by atoms with Gasteiger partial charge >= 0.3 is 22.6 Å². The van der Waals surface area contributed by atoms with Gasteiger partial charge < -0.3 is 9.80 Å². The van der Waals surface area contributed by atoms with Crippen molar-refractivity contribution in [2.24, 2.45) is 5.10 Å². The van der Waals surface area contributed by atoms with Crippen molar-refractivity contribution >= 4 is 38.0 Å². The summed E-state index contributed by atoms with van der Waals surface area (Å²) in [5.74, 6) is 9.89. The van der Waals surface area contributed by atoms with E-state index in [1.165, 1.54) is 29.6 Å². The minimum absolute atomic E-state index is 0. The van der Waals surface area contributed by atoms with Crippen LogP contribution in [0.5, 0.6) is 0 Å². The summed E-state index contributed by atoms with van der Waals surface area (Å²) in [6.07, 6.45) is 0. The van der Waals surface area contributed by atoms with Gasteiger partial charge in [-0.1, -0.05) is 46.2 Å². The average Bonchev–Trinajstić information content (AvgIpc) is 2.95. The van der Waals surface area contributed by atoms with Crippen molar-refractivity contribution < 1.29 is 26.4 Å². The molecule has 9 heteroatoms. The molecule has 0 amide bonds. The maximum absolute atomic E-state index is 7.50. The molecule has 1 aromatic rings. The van der Waals surface area contributed by atoms with Gasteiger partial charge in [-0.3, -0.25) is 0 Å². The van der Waals surface area contributed by atoms with Gasteiger partial charge in [0, 0.05) is 56.2 Å². The molecule has 0 spiro atoms. The van der Waals surface area contributed by atoms with Crippen molar-refractivity contribution in [2.75, 3.05) is 33.2 Å². The van der Waals surface area contributed by atoms with Crippen LogP contribution in [0, 0.1) is 42.9 Å². The second-order valence-corrected chi connectivity index (χ2v) is 7.96. The van der Waals surface area contributed by atoms with E-state index in [0.717, 1.165) is 11.6 Å². The summed E-state index contributed by atoms with van der Waals surface area (Å²) in [5.41, 5.74) is 0.926. The number of benzene rings is 1. The van der Waals surface area contributed by atoms with Crippen LogP contribution < -0.4 is 5.01 Å². The summed E-state index contributed by atoms with van der Waals surface area (Å²) in [5, 5.41) is 6.99. The summed E-state index contributed by atoms with van der Waals surface area (Å²) < 4.78 is 15.0.